The van der Waals surface area contributed by atoms with Crippen molar-refractivity contribution in [1.82, 2.24) is 10.3 Å². The van der Waals surface area contributed by atoms with Crippen molar-refractivity contribution in [3.63, 3.8) is 0 Å². The smallest absolute Gasteiger partial charge is 0.192 e. The molecule has 1 aromatic heterocycles. The third-order valence-corrected chi connectivity index (χ3v) is 3.64. The highest BCUT2D eigenvalue weighted by atomic mass is 16.3. The second kappa shape index (κ2) is 4.71. The fourth-order valence-electron chi connectivity index (χ4n) is 2.66. The Morgan fingerprint density at radius 1 is 1.50 bits per heavy atom. The molecule has 0 radical (unpaired) electrons. The lowest BCUT2D eigenvalue weighted by Gasteiger charge is -2.27. The Bertz CT molecular complexity index is 544. The van der Waals surface area contributed by atoms with Crippen LogP contribution in [0.4, 0.5) is 0 Å². The van der Waals surface area contributed by atoms with E-state index in [0.29, 0.717) is 11.8 Å². The number of aliphatic hydroxyl groups is 1. The molecular weight excluding hydrogens is 228 g/mol. The molecular formula is C14H18N2O2. The summed E-state index contributed by atoms with van der Waals surface area (Å²) in [6.45, 7) is 3.78. The van der Waals surface area contributed by atoms with Gasteiger partial charge >= 0.3 is 0 Å². The lowest BCUT2D eigenvalue weighted by molar-refractivity contribution is 0.0922. The van der Waals surface area contributed by atoms with Crippen molar-refractivity contribution >= 4 is 11.1 Å². The molecule has 2 atom stereocenters. The lowest BCUT2D eigenvalue weighted by atomic mass is 9.89. The van der Waals surface area contributed by atoms with Gasteiger partial charge in [0, 0.05) is 19.4 Å². The van der Waals surface area contributed by atoms with Gasteiger partial charge in [0.2, 0.25) is 0 Å². The number of aromatic nitrogens is 1. The minimum atomic E-state index is -0.424. The molecule has 1 aliphatic heterocycles. The summed E-state index contributed by atoms with van der Waals surface area (Å²) < 4.78 is 5.51. The summed E-state index contributed by atoms with van der Waals surface area (Å²) in [5.74, 6) is 0.955. The number of aryl methyl sites for hydroxylation is 1. The van der Waals surface area contributed by atoms with Crippen molar-refractivity contribution in [2.75, 3.05) is 13.1 Å². The standard InChI is InChI=1S/C14H18N2O2/c1-9-16-12-5-4-10(7-13(12)18-9)14(17)11-3-2-6-15-8-11/h4-5,7,11,14-15,17H,2-3,6,8H2,1H3. The molecule has 4 heteroatoms. The minimum absolute atomic E-state index is 0.292. The van der Waals surface area contributed by atoms with Crippen LogP contribution < -0.4 is 5.32 Å². The van der Waals surface area contributed by atoms with E-state index in [1.807, 2.05) is 25.1 Å². The van der Waals surface area contributed by atoms with Crippen LogP contribution in [0.25, 0.3) is 11.1 Å². The highest BCUT2D eigenvalue weighted by Crippen LogP contribution is 2.29. The summed E-state index contributed by atoms with van der Waals surface area (Å²) in [6.07, 6.45) is 1.78. The third kappa shape index (κ3) is 2.13. The fourth-order valence-corrected chi connectivity index (χ4v) is 2.66. The number of hydrogen-bond donors (Lipinski definition) is 2. The molecule has 0 bridgehead atoms. The van der Waals surface area contributed by atoms with E-state index < -0.39 is 6.10 Å². The molecule has 2 N–H and O–H groups in total. The molecule has 1 aliphatic rings. The molecule has 0 saturated carbocycles. The predicted octanol–water partition coefficient (Wildman–Crippen LogP) is 2.17. The zero-order valence-electron chi connectivity index (χ0n) is 10.5. The van der Waals surface area contributed by atoms with E-state index in [1.165, 1.54) is 0 Å². The Morgan fingerprint density at radius 3 is 3.17 bits per heavy atom. The van der Waals surface area contributed by atoms with Crippen LogP contribution in [0.15, 0.2) is 22.6 Å². The summed E-state index contributed by atoms with van der Waals surface area (Å²) in [5, 5.41) is 13.7. The number of nitrogens with one attached hydrogen (secondary N) is 1. The topological polar surface area (TPSA) is 58.3 Å². The van der Waals surface area contributed by atoms with E-state index in [-0.39, 0.29) is 0 Å². The lowest BCUT2D eigenvalue weighted by Crippen LogP contribution is -2.33. The molecule has 18 heavy (non-hydrogen) atoms. The van der Waals surface area contributed by atoms with Crippen LogP contribution in [0.1, 0.15) is 30.4 Å². The molecule has 96 valence electrons. The summed E-state index contributed by atoms with van der Waals surface area (Å²) in [7, 11) is 0. The summed E-state index contributed by atoms with van der Waals surface area (Å²) >= 11 is 0. The van der Waals surface area contributed by atoms with Gasteiger partial charge in [0.25, 0.3) is 0 Å². The zero-order chi connectivity index (χ0) is 12.5. The van der Waals surface area contributed by atoms with Gasteiger partial charge in [-0.2, -0.15) is 0 Å². The fraction of sp³-hybridized carbons (Fsp3) is 0.500. The predicted molar refractivity (Wildman–Crippen MR) is 69.3 cm³/mol. The van der Waals surface area contributed by atoms with Gasteiger partial charge in [-0.3, -0.25) is 0 Å². The molecule has 0 aliphatic carbocycles. The van der Waals surface area contributed by atoms with Crippen molar-refractivity contribution in [2.45, 2.75) is 25.9 Å². The maximum Gasteiger partial charge on any atom is 0.192 e. The van der Waals surface area contributed by atoms with Gasteiger partial charge in [-0.05, 0) is 37.1 Å². The van der Waals surface area contributed by atoms with Crippen LogP contribution in [0.5, 0.6) is 0 Å². The van der Waals surface area contributed by atoms with Gasteiger partial charge < -0.3 is 14.8 Å². The van der Waals surface area contributed by atoms with E-state index >= 15 is 0 Å². The molecule has 2 heterocycles. The van der Waals surface area contributed by atoms with Gasteiger partial charge in [0.05, 0.1) is 6.10 Å². The first-order chi connectivity index (χ1) is 8.74. The summed E-state index contributed by atoms with van der Waals surface area (Å²) in [6, 6.07) is 5.78. The van der Waals surface area contributed by atoms with E-state index in [9.17, 15) is 5.11 Å². The number of rotatable bonds is 2. The van der Waals surface area contributed by atoms with E-state index in [4.69, 9.17) is 4.42 Å². The Kier molecular flexibility index (Phi) is 3.06. The van der Waals surface area contributed by atoms with Crippen molar-refractivity contribution in [3.05, 3.63) is 29.7 Å². The monoisotopic (exact) mass is 246 g/mol. The van der Waals surface area contributed by atoms with Crippen LogP contribution >= 0.6 is 0 Å². The van der Waals surface area contributed by atoms with Crippen LogP contribution in [0, 0.1) is 12.8 Å². The van der Waals surface area contributed by atoms with E-state index in [1.54, 1.807) is 0 Å². The maximum atomic E-state index is 10.4. The number of hydrogen-bond acceptors (Lipinski definition) is 4. The third-order valence-electron chi connectivity index (χ3n) is 3.64. The molecule has 1 aromatic carbocycles. The number of piperidine rings is 1. The minimum Gasteiger partial charge on any atom is -0.441 e. The average molecular weight is 246 g/mol. The number of fused-ring (bicyclic) bond motifs is 1. The normalized spacial score (nSPS) is 22.2. The van der Waals surface area contributed by atoms with Crippen molar-refractivity contribution < 1.29 is 9.52 Å². The zero-order valence-corrected chi connectivity index (χ0v) is 10.5. The second-order valence-electron chi connectivity index (χ2n) is 5.01. The van der Waals surface area contributed by atoms with Crippen molar-refractivity contribution in [2.24, 2.45) is 5.92 Å². The largest absolute Gasteiger partial charge is 0.441 e. The van der Waals surface area contributed by atoms with Gasteiger partial charge in [0.15, 0.2) is 11.5 Å². The molecule has 1 fully saturated rings. The molecule has 2 aromatic rings. The highest BCUT2D eigenvalue weighted by molar-refractivity contribution is 5.73. The van der Waals surface area contributed by atoms with Gasteiger partial charge in [0.1, 0.15) is 5.52 Å². The Labute approximate surface area is 106 Å². The first-order valence-electron chi connectivity index (χ1n) is 6.50. The SMILES string of the molecule is Cc1nc2ccc(C(O)C3CCCNC3)cc2o1. The summed E-state index contributed by atoms with van der Waals surface area (Å²) in [5.41, 5.74) is 2.53. The highest BCUT2D eigenvalue weighted by Gasteiger charge is 2.23. The molecule has 3 rings (SSSR count). The number of benzene rings is 1. The first-order valence-corrected chi connectivity index (χ1v) is 6.50. The van der Waals surface area contributed by atoms with E-state index in [0.717, 1.165) is 42.6 Å². The van der Waals surface area contributed by atoms with Gasteiger partial charge in [-0.1, -0.05) is 6.07 Å². The Balaban J connectivity index is 1.88. The van der Waals surface area contributed by atoms with Gasteiger partial charge in [-0.15, -0.1) is 0 Å². The Morgan fingerprint density at radius 2 is 2.39 bits per heavy atom. The average Bonchev–Trinajstić information content (AvgIpc) is 2.78. The molecule has 0 amide bonds. The van der Waals surface area contributed by atoms with E-state index in [2.05, 4.69) is 10.3 Å². The molecule has 4 nitrogen and oxygen atoms in total. The van der Waals surface area contributed by atoms with Crippen LogP contribution in [-0.4, -0.2) is 23.2 Å². The molecule has 2 unspecified atom stereocenters. The first kappa shape index (κ1) is 11.7. The molecule has 1 saturated heterocycles. The van der Waals surface area contributed by atoms with Crippen molar-refractivity contribution in [1.29, 1.82) is 0 Å². The maximum absolute atomic E-state index is 10.4. The second-order valence-corrected chi connectivity index (χ2v) is 5.01. The van der Waals surface area contributed by atoms with Crippen LogP contribution in [-0.2, 0) is 0 Å². The Hall–Kier alpha value is -1.39. The molecule has 0 spiro atoms. The number of nitrogens with zero attached hydrogens (tertiary/aromatic N) is 1. The number of aliphatic hydroxyl groups excluding tert-OH is 1. The van der Waals surface area contributed by atoms with Crippen LogP contribution in [0.2, 0.25) is 0 Å². The summed E-state index contributed by atoms with van der Waals surface area (Å²) in [4.78, 5) is 4.27. The van der Waals surface area contributed by atoms with Crippen LogP contribution in [0.3, 0.4) is 0 Å². The number of oxazole rings is 1. The van der Waals surface area contributed by atoms with Crippen molar-refractivity contribution in [3.8, 4) is 0 Å². The quantitative estimate of drug-likeness (QED) is 0.852. The van der Waals surface area contributed by atoms with Gasteiger partial charge in [-0.25, -0.2) is 4.98 Å².